The van der Waals surface area contributed by atoms with Crippen molar-refractivity contribution >= 4 is 23.5 Å². The first-order valence-electron chi connectivity index (χ1n) is 10.6. The van der Waals surface area contributed by atoms with Gasteiger partial charge in [0, 0.05) is 36.1 Å². The first kappa shape index (κ1) is 20.6. The number of carboxylic acid groups (broad SMARTS) is 1. The number of carboxylic acids is 1. The van der Waals surface area contributed by atoms with Gasteiger partial charge in [-0.05, 0) is 43.4 Å². The highest BCUT2D eigenvalue weighted by atomic mass is 35.5. The number of ether oxygens (including phenoxy) is 1. The standard InChI is InChI=1S/C22H29ClN2O4/c1-2-17(11-24-12-19-10-18(24)13-29-19)25-20(14-3-6-16(23)7-4-14)8-5-15(22(25)28)9-21(26)27/h3-4,6-7,15,17-20H,2,5,8-13H2,1H3,(H,26,27)/t15?,17?,18-,19-,20?/m1/s1. The molecule has 0 aromatic heterocycles. The lowest BCUT2D eigenvalue weighted by atomic mass is 9.85. The van der Waals surface area contributed by atoms with Crippen LogP contribution in [0.2, 0.25) is 5.02 Å². The van der Waals surface area contributed by atoms with Crippen LogP contribution < -0.4 is 0 Å². The van der Waals surface area contributed by atoms with E-state index in [-0.39, 0.29) is 24.4 Å². The molecule has 0 spiro atoms. The van der Waals surface area contributed by atoms with E-state index in [4.69, 9.17) is 16.3 Å². The normalized spacial score (nSPS) is 30.7. The number of halogens is 1. The van der Waals surface area contributed by atoms with Crippen molar-refractivity contribution in [2.24, 2.45) is 5.92 Å². The van der Waals surface area contributed by atoms with Gasteiger partial charge in [0.1, 0.15) is 0 Å². The zero-order chi connectivity index (χ0) is 20.5. The van der Waals surface area contributed by atoms with Crippen LogP contribution in [-0.4, -0.2) is 64.7 Å². The molecule has 3 heterocycles. The number of likely N-dealkylation sites (tertiary alicyclic amines) is 2. The maximum atomic E-state index is 13.4. The molecular weight excluding hydrogens is 392 g/mol. The van der Waals surface area contributed by atoms with Gasteiger partial charge in [-0.15, -0.1) is 0 Å². The summed E-state index contributed by atoms with van der Waals surface area (Å²) >= 11 is 6.07. The molecule has 0 radical (unpaired) electrons. The number of fused-ring (bicyclic) bond motifs is 2. The molecule has 3 fully saturated rings. The fourth-order valence-corrected chi connectivity index (χ4v) is 5.35. The molecule has 0 saturated carbocycles. The zero-order valence-electron chi connectivity index (χ0n) is 16.8. The average Bonchev–Trinajstić information content (AvgIpc) is 3.31. The molecule has 4 rings (SSSR count). The molecule has 5 atom stereocenters. The number of hydrogen-bond donors (Lipinski definition) is 1. The summed E-state index contributed by atoms with van der Waals surface area (Å²) in [5.41, 5.74) is 1.07. The van der Waals surface area contributed by atoms with Crippen LogP contribution >= 0.6 is 11.6 Å². The minimum absolute atomic E-state index is 0.0222. The quantitative estimate of drug-likeness (QED) is 0.732. The molecule has 1 aromatic rings. The number of hydrogen-bond acceptors (Lipinski definition) is 4. The molecule has 2 bridgehead atoms. The van der Waals surface area contributed by atoms with E-state index in [1.165, 1.54) is 0 Å². The Kier molecular flexibility index (Phi) is 6.13. The number of benzene rings is 1. The van der Waals surface area contributed by atoms with Crippen LogP contribution in [0, 0.1) is 5.92 Å². The van der Waals surface area contributed by atoms with Gasteiger partial charge in [0.15, 0.2) is 0 Å². The lowest BCUT2D eigenvalue weighted by Crippen LogP contribution is -2.54. The SMILES string of the molecule is CCC(CN1C[C@H]2C[C@@H]1CO2)N1C(=O)C(CC(=O)O)CCC1c1ccc(Cl)cc1. The van der Waals surface area contributed by atoms with E-state index in [0.717, 1.165) is 44.5 Å². The summed E-state index contributed by atoms with van der Waals surface area (Å²) < 4.78 is 5.73. The second-order valence-electron chi connectivity index (χ2n) is 8.55. The van der Waals surface area contributed by atoms with Crippen molar-refractivity contribution in [2.45, 2.75) is 63.3 Å². The number of morpholine rings is 1. The Bertz CT molecular complexity index is 756. The van der Waals surface area contributed by atoms with Crippen LogP contribution in [0.1, 0.15) is 50.6 Å². The molecule has 158 valence electrons. The topological polar surface area (TPSA) is 70.1 Å². The van der Waals surface area contributed by atoms with E-state index in [0.29, 0.717) is 23.6 Å². The summed E-state index contributed by atoms with van der Waals surface area (Å²) in [6, 6.07) is 8.16. The number of amides is 1. The van der Waals surface area contributed by atoms with E-state index in [1.807, 2.05) is 29.2 Å². The Balaban J connectivity index is 1.59. The molecule has 1 N–H and O–H groups in total. The van der Waals surface area contributed by atoms with Crippen molar-refractivity contribution in [1.29, 1.82) is 0 Å². The maximum Gasteiger partial charge on any atom is 0.304 e. The van der Waals surface area contributed by atoms with Crippen LogP contribution in [0.4, 0.5) is 0 Å². The van der Waals surface area contributed by atoms with E-state index < -0.39 is 11.9 Å². The number of carbonyl (C=O) groups excluding carboxylic acids is 1. The van der Waals surface area contributed by atoms with E-state index in [2.05, 4.69) is 11.8 Å². The van der Waals surface area contributed by atoms with E-state index in [9.17, 15) is 14.7 Å². The minimum atomic E-state index is -0.907. The van der Waals surface area contributed by atoms with Gasteiger partial charge >= 0.3 is 5.97 Å². The third-order valence-electron chi connectivity index (χ3n) is 6.73. The van der Waals surface area contributed by atoms with Gasteiger partial charge in [-0.25, -0.2) is 0 Å². The number of rotatable bonds is 7. The number of aliphatic carboxylic acids is 1. The Morgan fingerprint density at radius 1 is 1.31 bits per heavy atom. The monoisotopic (exact) mass is 420 g/mol. The molecule has 29 heavy (non-hydrogen) atoms. The van der Waals surface area contributed by atoms with E-state index in [1.54, 1.807) is 0 Å². The first-order valence-corrected chi connectivity index (χ1v) is 11.0. The van der Waals surface area contributed by atoms with Crippen molar-refractivity contribution in [2.75, 3.05) is 19.7 Å². The lowest BCUT2D eigenvalue weighted by molar-refractivity contribution is -0.152. The van der Waals surface area contributed by atoms with Gasteiger partial charge < -0.3 is 14.7 Å². The molecule has 3 saturated heterocycles. The van der Waals surface area contributed by atoms with Crippen molar-refractivity contribution < 1.29 is 19.4 Å². The predicted molar refractivity (Wildman–Crippen MR) is 110 cm³/mol. The second kappa shape index (κ2) is 8.62. The molecule has 3 aliphatic rings. The summed E-state index contributed by atoms with van der Waals surface area (Å²) in [4.78, 5) is 29.2. The highest BCUT2D eigenvalue weighted by Gasteiger charge is 2.44. The Hall–Kier alpha value is -1.63. The minimum Gasteiger partial charge on any atom is -0.481 e. The summed E-state index contributed by atoms with van der Waals surface area (Å²) in [5, 5.41) is 9.95. The van der Waals surface area contributed by atoms with Crippen LogP contribution in [-0.2, 0) is 14.3 Å². The Labute approximate surface area is 176 Å². The molecular formula is C22H29ClN2O4. The third-order valence-corrected chi connectivity index (χ3v) is 6.98. The molecule has 6 nitrogen and oxygen atoms in total. The van der Waals surface area contributed by atoms with Gasteiger partial charge in [-0.2, -0.15) is 0 Å². The molecule has 0 aliphatic carbocycles. The largest absolute Gasteiger partial charge is 0.481 e. The third kappa shape index (κ3) is 4.30. The van der Waals surface area contributed by atoms with Gasteiger partial charge in [-0.3, -0.25) is 14.5 Å². The summed E-state index contributed by atoms with van der Waals surface area (Å²) in [5.74, 6) is -1.37. The maximum absolute atomic E-state index is 13.4. The highest BCUT2D eigenvalue weighted by Crippen LogP contribution is 2.39. The lowest BCUT2D eigenvalue weighted by Gasteiger charge is -2.45. The Morgan fingerprint density at radius 2 is 2.07 bits per heavy atom. The van der Waals surface area contributed by atoms with Crippen LogP contribution in [0.5, 0.6) is 0 Å². The zero-order valence-corrected chi connectivity index (χ0v) is 17.6. The summed E-state index contributed by atoms with van der Waals surface area (Å²) in [6.45, 7) is 4.63. The average molecular weight is 421 g/mol. The number of carbonyl (C=O) groups is 2. The second-order valence-corrected chi connectivity index (χ2v) is 8.98. The van der Waals surface area contributed by atoms with Crippen LogP contribution in [0.3, 0.4) is 0 Å². The fraction of sp³-hybridized carbons (Fsp3) is 0.636. The van der Waals surface area contributed by atoms with Gasteiger partial charge in [0.05, 0.1) is 25.2 Å². The summed E-state index contributed by atoms with van der Waals surface area (Å²) in [7, 11) is 0. The van der Waals surface area contributed by atoms with Gasteiger partial charge in [0.25, 0.3) is 0 Å². The van der Waals surface area contributed by atoms with Crippen molar-refractivity contribution in [3.63, 3.8) is 0 Å². The van der Waals surface area contributed by atoms with Gasteiger partial charge in [0.2, 0.25) is 5.91 Å². The molecule has 1 aromatic carbocycles. The smallest absolute Gasteiger partial charge is 0.304 e. The number of piperidine rings is 1. The molecule has 1 amide bonds. The van der Waals surface area contributed by atoms with Crippen molar-refractivity contribution in [1.82, 2.24) is 9.80 Å². The van der Waals surface area contributed by atoms with Gasteiger partial charge in [-0.1, -0.05) is 30.7 Å². The number of nitrogens with zero attached hydrogens (tertiary/aromatic N) is 2. The Morgan fingerprint density at radius 3 is 2.66 bits per heavy atom. The van der Waals surface area contributed by atoms with Crippen molar-refractivity contribution in [3.05, 3.63) is 34.9 Å². The predicted octanol–water partition coefficient (Wildman–Crippen LogP) is 3.35. The molecule has 7 heteroatoms. The van der Waals surface area contributed by atoms with Crippen molar-refractivity contribution in [3.8, 4) is 0 Å². The summed E-state index contributed by atoms with van der Waals surface area (Å²) in [6.07, 6.45) is 3.52. The van der Waals surface area contributed by atoms with Crippen LogP contribution in [0.25, 0.3) is 0 Å². The van der Waals surface area contributed by atoms with Crippen LogP contribution in [0.15, 0.2) is 24.3 Å². The molecule has 3 unspecified atom stereocenters. The van der Waals surface area contributed by atoms with E-state index >= 15 is 0 Å². The highest BCUT2D eigenvalue weighted by molar-refractivity contribution is 6.30. The fourth-order valence-electron chi connectivity index (χ4n) is 5.22. The molecule has 3 aliphatic heterocycles. The first-order chi connectivity index (χ1) is 14.0.